The molecule has 0 saturated carbocycles. The maximum Gasteiger partial charge on any atom is 0.201 e. The van der Waals surface area contributed by atoms with Gasteiger partial charge in [0.25, 0.3) is 0 Å². The number of rotatable bonds is 2. The maximum atomic E-state index is 5.86. The van der Waals surface area contributed by atoms with E-state index in [-0.39, 0.29) is 0 Å². The van der Waals surface area contributed by atoms with Crippen molar-refractivity contribution in [2.45, 2.75) is 20.8 Å². The largest absolute Gasteiger partial charge is 0.496 e. The molecule has 0 amide bonds. The molecular weight excluding hydrogens is 306 g/mol. The fourth-order valence-electron chi connectivity index (χ4n) is 2.28. The Morgan fingerprint density at radius 3 is 2.37 bits per heavy atom. The number of aromatic nitrogens is 2. The summed E-state index contributed by atoms with van der Waals surface area (Å²) in [5, 5.41) is 0. The van der Waals surface area contributed by atoms with E-state index >= 15 is 0 Å². The minimum absolute atomic E-state index is 0.493. The second-order valence-corrected chi connectivity index (χ2v) is 5.44. The smallest absolute Gasteiger partial charge is 0.201 e. The van der Waals surface area contributed by atoms with Crippen LogP contribution in [-0.2, 0) is 7.05 Å². The molecule has 0 bridgehead atoms. The molecule has 19 heavy (non-hydrogen) atoms. The van der Waals surface area contributed by atoms with Gasteiger partial charge in [-0.05, 0) is 59.5 Å². The number of nitrogens with zero attached hydrogens (tertiary/aromatic N) is 2. The van der Waals surface area contributed by atoms with Gasteiger partial charge in [0.05, 0.1) is 7.11 Å². The first kappa shape index (κ1) is 13.9. The Balaban J connectivity index is 2.73. The highest BCUT2D eigenvalue weighted by atomic mass is 79.9. The average molecular weight is 324 g/mol. The number of nitrogen functional groups attached to an aromatic ring is 1. The van der Waals surface area contributed by atoms with Crippen LogP contribution in [0.15, 0.2) is 10.7 Å². The number of hydrogen-bond donors (Lipinski definition) is 1. The quantitative estimate of drug-likeness (QED) is 0.921. The maximum absolute atomic E-state index is 5.86. The van der Waals surface area contributed by atoms with Crippen LogP contribution in [0.1, 0.15) is 16.7 Å². The van der Waals surface area contributed by atoms with Crippen LogP contribution in [0.4, 0.5) is 5.95 Å². The minimum atomic E-state index is 0.493. The molecule has 0 unspecified atom stereocenters. The third-order valence-corrected chi connectivity index (χ3v) is 4.45. The summed E-state index contributed by atoms with van der Waals surface area (Å²) in [5.74, 6) is 1.42. The highest BCUT2D eigenvalue weighted by Crippen LogP contribution is 2.37. The van der Waals surface area contributed by atoms with Crippen LogP contribution in [0.2, 0.25) is 0 Å². The van der Waals surface area contributed by atoms with Gasteiger partial charge in [-0.1, -0.05) is 0 Å². The van der Waals surface area contributed by atoms with Gasteiger partial charge in [0, 0.05) is 12.6 Å². The molecule has 0 radical (unpaired) electrons. The standard InChI is InChI=1S/C14H18BrN3O/c1-7-6-10(8(2)9(3)12(7)19-5)11-13(15)18(4)14(16)17-11/h6H,1-5H3,(H2,16,17). The minimum Gasteiger partial charge on any atom is -0.496 e. The van der Waals surface area contributed by atoms with Gasteiger partial charge in [-0.25, -0.2) is 4.98 Å². The molecule has 102 valence electrons. The van der Waals surface area contributed by atoms with Crippen LogP contribution < -0.4 is 10.5 Å². The van der Waals surface area contributed by atoms with Crippen molar-refractivity contribution in [3.05, 3.63) is 27.4 Å². The van der Waals surface area contributed by atoms with Gasteiger partial charge >= 0.3 is 0 Å². The molecule has 5 heteroatoms. The molecule has 2 rings (SSSR count). The lowest BCUT2D eigenvalue weighted by Crippen LogP contribution is -1.97. The molecule has 2 N–H and O–H groups in total. The Hall–Kier alpha value is -1.49. The SMILES string of the molecule is COc1c(C)cc(-c2nc(N)n(C)c2Br)c(C)c1C. The second kappa shape index (κ2) is 4.89. The zero-order chi connectivity index (χ0) is 14.3. The fraction of sp³-hybridized carbons (Fsp3) is 0.357. The zero-order valence-electron chi connectivity index (χ0n) is 11.8. The Labute approximate surface area is 121 Å². The molecule has 1 aromatic carbocycles. The van der Waals surface area contributed by atoms with Crippen LogP contribution in [0.5, 0.6) is 5.75 Å². The Kier molecular flexibility index (Phi) is 3.58. The lowest BCUT2D eigenvalue weighted by atomic mass is 9.97. The molecule has 0 spiro atoms. The van der Waals surface area contributed by atoms with Crippen molar-refractivity contribution in [3.63, 3.8) is 0 Å². The summed E-state index contributed by atoms with van der Waals surface area (Å²) in [7, 11) is 3.58. The summed E-state index contributed by atoms with van der Waals surface area (Å²) in [6.07, 6.45) is 0. The molecule has 4 nitrogen and oxygen atoms in total. The predicted octanol–water partition coefficient (Wildman–Crippen LogP) is 3.37. The summed E-state index contributed by atoms with van der Waals surface area (Å²) in [4.78, 5) is 4.43. The van der Waals surface area contributed by atoms with E-state index in [1.807, 2.05) is 18.5 Å². The van der Waals surface area contributed by atoms with E-state index in [0.29, 0.717) is 5.95 Å². The fourth-order valence-corrected chi connectivity index (χ4v) is 2.77. The summed E-state index contributed by atoms with van der Waals surface area (Å²) < 4.78 is 8.15. The van der Waals surface area contributed by atoms with Crippen molar-refractivity contribution in [3.8, 4) is 17.0 Å². The number of benzene rings is 1. The molecular formula is C14H18BrN3O. The first-order chi connectivity index (χ1) is 8.88. The molecule has 2 aromatic rings. The predicted molar refractivity (Wildman–Crippen MR) is 81.5 cm³/mol. The normalized spacial score (nSPS) is 10.8. The topological polar surface area (TPSA) is 53.1 Å². The third-order valence-electron chi connectivity index (χ3n) is 3.55. The number of aryl methyl sites for hydroxylation is 1. The number of nitrogens with two attached hydrogens (primary N) is 1. The van der Waals surface area contributed by atoms with Crippen molar-refractivity contribution < 1.29 is 4.74 Å². The summed E-state index contributed by atoms with van der Waals surface area (Å²) in [6.45, 7) is 6.17. The van der Waals surface area contributed by atoms with E-state index in [1.54, 1.807) is 7.11 Å². The van der Waals surface area contributed by atoms with E-state index in [2.05, 4.69) is 40.8 Å². The first-order valence-electron chi connectivity index (χ1n) is 6.01. The van der Waals surface area contributed by atoms with Crippen molar-refractivity contribution >= 4 is 21.9 Å². The number of methoxy groups -OCH3 is 1. The van der Waals surface area contributed by atoms with Crippen LogP contribution >= 0.6 is 15.9 Å². The van der Waals surface area contributed by atoms with Crippen molar-refractivity contribution in [2.75, 3.05) is 12.8 Å². The molecule has 0 saturated heterocycles. The van der Waals surface area contributed by atoms with Crippen LogP contribution in [0.25, 0.3) is 11.3 Å². The first-order valence-corrected chi connectivity index (χ1v) is 6.80. The van der Waals surface area contributed by atoms with Gasteiger partial charge in [0.2, 0.25) is 5.95 Å². The van der Waals surface area contributed by atoms with Crippen LogP contribution in [-0.4, -0.2) is 16.7 Å². The monoisotopic (exact) mass is 323 g/mol. The lowest BCUT2D eigenvalue weighted by molar-refractivity contribution is 0.408. The zero-order valence-corrected chi connectivity index (χ0v) is 13.4. The summed E-state index contributed by atoms with van der Waals surface area (Å²) in [5.41, 5.74) is 11.2. The number of anilines is 1. The van der Waals surface area contributed by atoms with E-state index in [1.165, 1.54) is 0 Å². The van der Waals surface area contributed by atoms with Gasteiger partial charge in [0.1, 0.15) is 16.0 Å². The van der Waals surface area contributed by atoms with Gasteiger partial charge < -0.3 is 15.0 Å². The van der Waals surface area contributed by atoms with Gasteiger partial charge in [-0.2, -0.15) is 0 Å². The molecule has 0 atom stereocenters. The highest BCUT2D eigenvalue weighted by Gasteiger charge is 2.18. The Bertz CT molecular complexity index is 647. The number of imidazole rings is 1. The van der Waals surface area contributed by atoms with E-state index in [4.69, 9.17) is 10.5 Å². The number of hydrogen-bond acceptors (Lipinski definition) is 3. The van der Waals surface area contributed by atoms with Gasteiger partial charge in [-0.3, -0.25) is 0 Å². The molecule has 0 aliphatic carbocycles. The van der Waals surface area contributed by atoms with Crippen LogP contribution in [0.3, 0.4) is 0 Å². The number of halogens is 1. The van der Waals surface area contributed by atoms with E-state index in [9.17, 15) is 0 Å². The van der Waals surface area contributed by atoms with Crippen LogP contribution in [0, 0.1) is 20.8 Å². The molecule has 1 aromatic heterocycles. The molecule has 0 aliphatic heterocycles. The Morgan fingerprint density at radius 1 is 1.26 bits per heavy atom. The van der Waals surface area contributed by atoms with Crippen molar-refractivity contribution in [1.82, 2.24) is 9.55 Å². The lowest BCUT2D eigenvalue weighted by Gasteiger charge is -2.14. The third kappa shape index (κ3) is 2.12. The molecule has 1 heterocycles. The average Bonchev–Trinajstić information content (AvgIpc) is 2.62. The highest BCUT2D eigenvalue weighted by molar-refractivity contribution is 9.10. The Morgan fingerprint density at radius 2 is 1.89 bits per heavy atom. The number of ether oxygens (including phenoxy) is 1. The van der Waals surface area contributed by atoms with Gasteiger partial charge in [0.15, 0.2) is 0 Å². The van der Waals surface area contributed by atoms with Crippen molar-refractivity contribution in [1.29, 1.82) is 0 Å². The molecule has 0 aliphatic rings. The molecule has 0 fully saturated rings. The van der Waals surface area contributed by atoms with Gasteiger partial charge in [-0.15, -0.1) is 0 Å². The van der Waals surface area contributed by atoms with E-state index < -0.39 is 0 Å². The summed E-state index contributed by atoms with van der Waals surface area (Å²) >= 11 is 3.55. The summed E-state index contributed by atoms with van der Waals surface area (Å²) in [6, 6.07) is 2.09. The van der Waals surface area contributed by atoms with Crippen molar-refractivity contribution in [2.24, 2.45) is 7.05 Å². The second-order valence-electron chi connectivity index (χ2n) is 4.69. The van der Waals surface area contributed by atoms with E-state index in [0.717, 1.165) is 38.3 Å².